The zero-order chi connectivity index (χ0) is 22.0. The van der Waals surface area contributed by atoms with Gasteiger partial charge in [-0.3, -0.25) is 9.69 Å². The van der Waals surface area contributed by atoms with Crippen molar-refractivity contribution in [3.8, 4) is 5.75 Å². The van der Waals surface area contributed by atoms with Crippen LogP contribution in [0.4, 0.5) is 0 Å². The fourth-order valence-corrected chi connectivity index (χ4v) is 5.33. The Morgan fingerprint density at radius 2 is 1.74 bits per heavy atom. The maximum atomic E-state index is 11.2. The summed E-state index contributed by atoms with van der Waals surface area (Å²) in [5.41, 5.74) is 1.67. The Labute approximate surface area is 186 Å². The van der Waals surface area contributed by atoms with Crippen LogP contribution in [0.2, 0.25) is 0 Å². The monoisotopic (exact) mass is 423 g/mol. The molecular formula is C27H37NO3. The molecule has 4 rings (SSSR count). The Morgan fingerprint density at radius 3 is 2.39 bits per heavy atom. The molecule has 2 fully saturated rings. The summed E-state index contributed by atoms with van der Waals surface area (Å²) in [5, 5.41) is 11.6. The van der Waals surface area contributed by atoms with Crippen LogP contribution in [-0.2, 0) is 11.3 Å². The van der Waals surface area contributed by atoms with Gasteiger partial charge in [0.15, 0.2) is 0 Å². The fourth-order valence-electron chi connectivity index (χ4n) is 5.33. The van der Waals surface area contributed by atoms with E-state index in [1.807, 2.05) is 0 Å². The Balaban J connectivity index is 1.39. The van der Waals surface area contributed by atoms with Crippen molar-refractivity contribution < 1.29 is 14.6 Å². The van der Waals surface area contributed by atoms with Crippen LogP contribution in [0.3, 0.4) is 0 Å². The van der Waals surface area contributed by atoms with Crippen LogP contribution in [-0.4, -0.2) is 35.2 Å². The number of carboxylic acid groups (broad SMARTS) is 1. The molecule has 1 saturated carbocycles. The van der Waals surface area contributed by atoms with Crippen molar-refractivity contribution in [2.75, 3.05) is 13.1 Å². The molecule has 0 aromatic heterocycles. The average molecular weight is 424 g/mol. The van der Waals surface area contributed by atoms with E-state index in [4.69, 9.17) is 4.74 Å². The average Bonchev–Trinajstić information content (AvgIpc) is 2.74. The van der Waals surface area contributed by atoms with E-state index in [0.29, 0.717) is 11.5 Å². The second-order valence-electron chi connectivity index (χ2n) is 10.7. The van der Waals surface area contributed by atoms with Gasteiger partial charge in [-0.25, -0.2) is 0 Å². The molecule has 2 aromatic rings. The number of carbonyl (C=O) groups is 1. The van der Waals surface area contributed by atoms with Gasteiger partial charge in [-0.2, -0.15) is 0 Å². The topological polar surface area (TPSA) is 49.8 Å². The molecule has 2 aliphatic rings. The molecule has 2 aromatic carbocycles. The fraction of sp³-hybridized carbons (Fsp3) is 0.593. The number of hydrogen-bond donors (Lipinski definition) is 1. The molecule has 4 nitrogen and oxygen atoms in total. The SMILES string of the molecule is CC(C)(C)[C@H]1CC[C@H](Oc2cccc3cc(CN4CCC(C(=O)O)CC4)ccc23)CC1. The Hall–Kier alpha value is -2.07. The van der Waals surface area contributed by atoms with Gasteiger partial charge in [0, 0.05) is 11.9 Å². The lowest BCUT2D eigenvalue weighted by Gasteiger charge is -2.37. The smallest absolute Gasteiger partial charge is 0.306 e. The summed E-state index contributed by atoms with van der Waals surface area (Å²) < 4.78 is 6.49. The lowest BCUT2D eigenvalue weighted by atomic mass is 9.72. The molecule has 0 unspecified atom stereocenters. The van der Waals surface area contributed by atoms with Gasteiger partial charge in [0.2, 0.25) is 0 Å². The van der Waals surface area contributed by atoms with Gasteiger partial charge in [-0.1, -0.05) is 45.0 Å². The summed E-state index contributed by atoms with van der Waals surface area (Å²) in [6.07, 6.45) is 6.60. The highest BCUT2D eigenvalue weighted by atomic mass is 16.5. The molecule has 0 spiro atoms. The number of ether oxygens (including phenoxy) is 1. The Kier molecular flexibility index (Phi) is 6.57. The van der Waals surface area contributed by atoms with E-state index in [1.165, 1.54) is 29.2 Å². The van der Waals surface area contributed by atoms with Crippen LogP contribution in [0.1, 0.15) is 64.9 Å². The molecule has 0 atom stereocenters. The number of carboxylic acids is 1. The first-order valence-electron chi connectivity index (χ1n) is 11.9. The van der Waals surface area contributed by atoms with Crippen molar-refractivity contribution >= 4 is 16.7 Å². The minimum atomic E-state index is -0.648. The molecule has 0 amide bonds. The van der Waals surface area contributed by atoms with Crippen LogP contribution in [0, 0.1) is 17.3 Å². The lowest BCUT2D eigenvalue weighted by Crippen LogP contribution is -2.35. The van der Waals surface area contributed by atoms with E-state index < -0.39 is 5.97 Å². The second kappa shape index (κ2) is 9.20. The maximum absolute atomic E-state index is 11.2. The number of hydrogen-bond acceptors (Lipinski definition) is 3. The zero-order valence-electron chi connectivity index (χ0n) is 19.3. The summed E-state index contributed by atoms with van der Waals surface area (Å²) in [7, 11) is 0. The summed E-state index contributed by atoms with van der Waals surface area (Å²) in [5.74, 6) is 0.976. The predicted molar refractivity (Wildman–Crippen MR) is 125 cm³/mol. The van der Waals surface area contributed by atoms with Crippen LogP contribution in [0.15, 0.2) is 36.4 Å². The molecule has 168 valence electrons. The molecule has 1 saturated heterocycles. The predicted octanol–water partition coefficient (Wildman–Crippen LogP) is 6.12. The van der Waals surface area contributed by atoms with Crippen molar-refractivity contribution in [1.29, 1.82) is 0 Å². The standard InChI is InChI=1S/C27H37NO3/c1-27(2,3)22-8-10-23(11-9-22)31-25-6-4-5-21-17-19(7-12-24(21)25)18-28-15-13-20(14-16-28)26(29)30/h4-7,12,17,20,22-23H,8-11,13-16,18H2,1-3H3,(H,29,30)/t22-,23-. The van der Waals surface area contributed by atoms with Crippen molar-refractivity contribution in [1.82, 2.24) is 4.90 Å². The number of likely N-dealkylation sites (tertiary alicyclic amines) is 1. The summed E-state index contributed by atoms with van der Waals surface area (Å²) >= 11 is 0. The minimum absolute atomic E-state index is 0.175. The quantitative estimate of drug-likeness (QED) is 0.629. The van der Waals surface area contributed by atoms with Gasteiger partial charge in [0.25, 0.3) is 0 Å². The lowest BCUT2D eigenvalue weighted by molar-refractivity contribution is -0.143. The highest BCUT2D eigenvalue weighted by Gasteiger charge is 2.30. The molecule has 1 heterocycles. The van der Waals surface area contributed by atoms with Crippen LogP contribution >= 0.6 is 0 Å². The van der Waals surface area contributed by atoms with Crippen molar-refractivity contribution in [3.05, 3.63) is 42.0 Å². The van der Waals surface area contributed by atoms with Crippen molar-refractivity contribution in [2.45, 2.75) is 71.9 Å². The van der Waals surface area contributed by atoms with Gasteiger partial charge in [0.05, 0.1) is 12.0 Å². The second-order valence-corrected chi connectivity index (χ2v) is 10.7. The van der Waals surface area contributed by atoms with Crippen LogP contribution < -0.4 is 4.74 Å². The van der Waals surface area contributed by atoms with Crippen molar-refractivity contribution in [3.63, 3.8) is 0 Å². The van der Waals surface area contributed by atoms with Gasteiger partial charge in [0.1, 0.15) is 5.75 Å². The first kappa shape index (κ1) is 22.1. The molecule has 4 heteroatoms. The summed E-state index contributed by atoms with van der Waals surface area (Å²) in [6.45, 7) is 9.66. The Bertz CT molecular complexity index is 900. The molecular weight excluding hydrogens is 386 g/mol. The minimum Gasteiger partial charge on any atom is -0.490 e. The largest absolute Gasteiger partial charge is 0.490 e. The van der Waals surface area contributed by atoms with E-state index in [2.05, 4.69) is 62.1 Å². The molecule has 1 aliphatic heterocycles. The van der Waals surface area contributed by atoms with Gasteiger partial charge in [-0.15, -0.1) is 0 Å². The third kappa shape index (κ3) is 5.41. The number of fused-ring (bicyclic) bond motifs is 1. The third-order valence-electron chi connectivity index (χ3n) is 7.44. The molecule has 0 radical (unpaired) electrons. The molecule has 1 N–H and O–H groups in total. The zero-order valence-corrected chi connectivity index (χ0v) is 19.3. The van der Waals surface area contributed by atoms with Crippen LogP contribution in [0.5, 0.6) is 5.75 Å². The number of benzene rings is 2. The maximum Gasteiger partial charge on any atom is 0.306 e. The van der Waals surface area contributed by atoms with Crippen molar-refractivity contribution in [2.24, 2.45) is 17.3 Å². The van der Waals surface area contributed by atoms with E-state index in [9.17, 15) is 9.90 Å². The number of aliphatic carboxylic acids is 1. The highest BCUT2D eigenvalue weighted by molar-refractivity contribution is 5.88. The first-order chi connectivity index (χ1) is 14.8. The molecule has 1 aliphatic carbocycles. The van der Waals surface area contributed by atoms with Gasteiger partial charge in [-0.05, 0) is 86.0 Å². The van der Waals surface area contributed by atoms with E-state index >= 15 is 0 Å². The van der Waals surface area contributed by atoms with E-state index in [-0.39, 0.29) is 5.92 Å². The van der Waals surface area contributed by atoms with Crippen LogP contribution in [0.25, 0.3) is 10.8 Å². The van der Waals surface area contributed by atoms with E-state index in [0.717, 1.165) is 57.0 Å². The van der Waals surface area contributed by atoms with Gasteiger partial charge >= 0.3 is 5.97 Å². The first-order valence-corrected chi connectivity index (χ1v) is 11.9. The van der Waals surface area contributed by atoms with E-state index in [1.54, 1.807) is 0 Å². The summed E-state index contributed by atoms with van der Waals surface area (Å²) in [6, 6.07) is 13.0. The Morgan fingerprint density at radius 1 is 1.03 bits per heavy atom. The number of rotatable bonds is 5. The number of piperidine rings is 1. The highest BCUT2D eigenvalue weighted by Crippen LogP contribution is 2.39. The number of nitrogens with zero attached hydrogens (tertiary/aromatic N) is 1. The molecule has 0 bridgehead atoms. The van der Waals surface area contributed by atoms with Gasteiger partial charge < -0.3 is 9.84 Å². The molecule has 31 heavy (non-hydrogen) atoms. The summed E-state index contributed by atoms with van der Waals surface area (Å²) in [4.78, 5) is 13.5. The normalized spacial score (nSPS) is 23.7. The third-order valence-corrected chi connectivity index (χ3v) is 7.44.